The zero-order valence-electron chi connectivity index (χ0n) is 11.7. The van der Waals surface area contributed by atoms with Crippen LogP contribution in [0.1, 0.15) is 44.6 Å². The second kappa shape index (κ2) is 7.16. The molecule has 0 aliphatic heterocycles. The number of benzene rings is 1. The molecule has 106 valence electrons. The zero-order chi connectivity index (χ0) is 13.7. The fourth-order valence-electron chi connectivity index (χ4n) is 2.91. The molecular formula is C16H24ClNO. The molecule has 19 heavy (non-hydrogen) atoms. The van der Waals surface area contributed by atoms with Crippen molar-refractivity contribution in [1.82, 2.24) is 0 Å². The van der Waals surface area contributed by atoms with Crippen molar-refractivity contribution in [1.29, 1.82) is 0 Å². The molecule has 1 aliphatic rings. The van der Waals surface area contributed by atoms with E-state index in [1.165, 1.54) is 32.1 Å². The van der Waals surface area contributed by atoms with Gasteiger partial charge in [-0.2, -0.15) is 0 Å². The molecule has 0 aromatic heterocycles. The van der Waals surface area contributed by atoms with E-state index in [4.69, 9.17) is 22.1 Å². The maximum atomic E-state index is 6.21. The van der Waals surface area contributed by atoms with Crippen molar-refractivity contribution < 1.29 is 4.74 Å². The second-order valence-electron chi connectivity index (χ2n) is 5.47. The summed E-state index contributed by atoms with van der Waals surface area (Å²) in [5.74, 6) is 1.79. The minimum atomic E-state index is 0.358. The van der Waals surface area contributed by atoms with E-state index in [0.29, 0.717) is 12.6 Å². The van der Waals surface area contributed by atoms with Crippen LogP contribution in [-0.4, -0.2) is 12.6 Å². The molecule has 0 radical (unpaired) electrons. The summed E-state index contributed by atoms with van der Waals surface area (Å²) in [4.78, 5) is 0. The number of halogens is 1. The first-order valence-corrected chi connectivity index (χ1v) is 7.75. The van der Waals surface area contributed by atoms with Gasteiger partial charge in [0.25, 0.3) is 0 Å². The van der Waals surface area contributed by atoms with E-state index in [1.807, 2.05) is 18.2 Å². The molecule has 1 aromatic rings. The van der Waals surface area contributed by atoms with E-state index in [1.54, 1.807) is 0 Å². The normalized spacial score (nSPS) is 23.3. The van der Waals surface area contributed by atoms with E-state index >= 15 is 0 Å². The monoisotopic (exact) mass is 281 g/mol. The average molecular weight is 282 g/mol. The molecule has 0 spiro atoms. The van der Waals surface area contributed by atoms with Gasteiger partial charge >= 0.3 is 0 Å². The number of hydrogen-bond acceptors (Lipinski definition) is 2. The highest BCUT2D eigenvalue weighted by Crippen LogP contribution is 2.31. The zero-order valence-corrected chi connectivity index (χ0v) is 12.5. The molecule has 2 rings (SSSR count). The number of ether oxygens (including phenoxy) is 1. The Kier molecular flexibility index (Phi) is 5.53. The van der Waals surface area contributed by atoms with E-state index in [9.17, 15) is 0 Å². The molecule has 0 heterocycles. The third-order valence-electron chi connectivity index (χ3n) is 4.04. The predicted molar refractivity (Wildman–Crippen MR) is 80.9 cm³/mol. The van der Waals surface area contributed by atoms with Crippen molar-refractivity contribution in [2.45, 2.75) is 51.6 Å². The Labute approximate surface area is 121 Å². The minimum Gasteiger partial charge on any atom is -0.490 e. The minimum absolute atomic E-state index is 0.358. The van der Waals surface area contributed by atoms with Crippen LogP contribution in [0.3, 0.4) is 0 Å². The van der Waals surface area contributed by atoms with Gasteiger partial charge in [-0.15, -0.1) is 0 Å². The van der Waals surface area contributed by atoms with Crippen molar-refractivity contribution in [3.63, 3.8) is 0 Å². The van der Waals surface area contributed by atoms with Gasteiger partial charge < -0.3 is 10.5 Å². The van der Waals surface area contributed by atoms with Crippen LogP contribution in [0.25, 0.3) is 0 Å². The third-order valence-corrected chi connectivity index (χ3v) is 4.28. The summed E-state index contributed by atoms with van der Waals surface area (Å²) in [7, 11) is 0. The molecule has 0 bridgehead atoms. The van der Waals surface area contributed by atoms with Crippen molar-refractivity contribution in [2.24, 2.45) is 11.7 Å². The summed E-state index contributed by atoms with van der Waals surface area (Å²) in [5, 5.41) is 0.755. The van der Waals surface area contributed by atoms with Crippen molar-refractivity contribution in [3.8, 4) is 5.75 Å². The largest absolute Gasteiger partial charge is 0.490 e. The first-order valence-electron chi connectivity index (χ1n) is 7.38. The van der Waals surface area contributed by atoms with E-state index in [-0.39, 0.29) is 0 Å². The average Bonchev–Trinajstić information content (AvgIpc) is 2.42. The van der Waals surface area contributed by atoms with Gasteiger partial charge in [-0.1, -0.05) is 31.4 Å². The molecule has 1 aromatic carbocycles. The Balaban J connectivity index is 2.05. The summed E-state index contributed by atoms with van der Waals surface area (Å²) in [6.07, 6.45) is 7.42. The Morgan fingerprint density at radius 1 is 1.37 bits per heavy atom. The lowest BCUT2D eigenvalue weighted by Crippen LogP contribution is -2.25. The maximum absolute atomic E-state index is 6.21. The standard InChI is InChI=1S/C16H24ClNO/c1-2-12-4-3-5-15(10-12)19-16-7-6-14(17)11-13(16)8-9-18/h6-7,11-12,15H,2-5,8-10,18H2,1H3. The lowest BCUT2D eigenvalue weighted by Gasteiger charge is -2.29. The van der Waals surface area contributed by atoms with Gasteiger partial charge in [0.05, 0.1) is 6.10 Å². The van der Waals surface area contributed by atoms with Crippen LogP contribution in [0.15, 0.2) is 18.2 Å². The first kappa shape index (κ1) is 14.7. The summed E-state index contributed by atoms with van der Waals surface area (Å²) >= 11 is 6.04. The number of hydrogen-bond donors (Lipinski definition) is 1. The van der Waals surface area contributed by atoms with Crippen molar-refractivity contribution in [2.75, 3.05) is 6.54 Å². The molecule has 1 fully saturated rings. The Morgan fingerprint density at radius 3 is 2.95 bits per heavy atom. The fraction of sp³-hybridized carbons (Fsp3) is 0.625. The summed E-state index contributed by atoms with van der Waals surface area (Å²) in [5.41, 5.74) is 6.79. The van der Waals surface area contributed by atoms with Crippen molar-refractivity contribution >= 4 is 11.6 Å². The van der Waals surface area contributed by atoms with Crippen LogP contribution in [0.5, 0.6) is 5.75 Å². The van der Waals surface area contributed by atoms with Crippen LogP contribution in [-0.2, 0) is 6.42 Å². The van der Waals surface area contributed by atoms with Gasteiger partial charge in [-0.3, -0.25) is 0 Å². The van der Waals surface area contributed by atoms with Crippen LogP contribution < -0.4 is 10.5 Å². The second-order valence-corrected chi connectivity index (χ2v) is 5.91. The molecule has 0 amide bonds. The Hall–Kier alpha value is -0.730. The molecule has 2 N–H and O–H groups in total. The summed E-state index contributed by atoms with van der Waals surface area (Å²) in [6, 6.07) is 5.86. The van der Waals surface area contributed by atoms with Crippen LogP contribution in [0.2, 0.25) is 5.02 Å². The highest BCUT2D eigenvalue weighted by atomic mass is 35.5. The maximum Gasteiger partial charge on any atom is 0.123 e. The lowest BCUT2D eigenvalue weighted by atomic mass is 9.85. The highest BCUT2D eigenvalue weighted by Gasteiger charge is 2.22. The third kappa shape index (κ3) is 4.12. The van der Waals surface area contributed by atoms with E-state index < -0.39 is 0 Å². The van der Waals surface area contributed by atoms with Crippen molar-refractivity contribution in [3.05, 3.63) is 28.8 Å². The van der Waals surface area contributed by atoms with Gasteiger partial charge in [0, 0.05) is 5.02 Å². The lowest BCUT2D eigenvalue weighted by molar-refractivity contribution is 0.121. The summed E-state index contributed by atoms with van der Waals surface area (Å²) < 4.78 is 6.21. The quantitative estimate of drug-likeness (QED) is 0.878. The molecule has 1 aliphatic carbocycles. The Bertz CT molecular complexity index is 408. The van der Waals surface area contributed by atoms with E-state index in [2.05, 4.69) is 6.92 Å². The first-order chi connectivity index (χ1) is 9.22. The molecule has 2 unspecified atom stereocenters. The molecule has 2 nitrogen and oxygen atoms in total. The van der Waals surface area contributed by atoms with Gasteiger partial charge in [0.15, 0.2) is 0 Å². The molecule has 0 saturated heterocycles. The predicted octanol–water partition coefficient (Wildman–Crippen LogP) is 4.19. The topological polar surface area (TPSA) is 35.2 Å². The highest BCUT2D eigenvalue weighted by molar-refractivity contribution is 6.30. The van der Waals surface area contributed by atoms with Crippen LogP contribution in [0, 0.1) is 5.92 Å². The smallest absolute Gasteiger partial charge is 0.123 e. The van der Waals surface area contributed by atoms with Gasteiger partial charge in [-0.05, 0) is 61.9 Å². The Morgan fingerprint density at radius 2 is 2.21 bits per heavy atom. The fourth-order valence-corrected chi connectivity index (χ4v) is 3.11. The molecule has 3 heteroatoms. The van der Waals surface area contributed by atoms with E-state index in [0.717, 1.165) is 28.7 Å². The van der Waals surface area contributed by atoms with Gasteiger partial charge in [0.1, 0.15) is 5.75 Å². The number of rotatable bonds is 5. The molecular weight excluding hydrogens is 258 g/mol. The van der Waals surface area contributed by atoms with Gasteiger partial charge in [0.2, 0.25) is 0 Å². The molecule has 1 saturated carbocycles. The van der Waals surface area contributed by atoms with Gasteiger partial charge in [-0.25, -0.2) is 0 Å². The molecule has 2 atom stereocenters. The SMILES string of the molecule is CCC1CCCC(Oc2ccc(Cl)cc2CCN)C1. The summed E-state index contributed by atoms with van der Waals surface area (Å²) in [6.45, 7) is 2.90. The van der Waals surface area contributed by atoms with Crippen LogP contribution >= 0.6 is 11.6 Å². The number of nitrogens with two attached hydrogens (primary N) is 1. The van der Waals surface area contributed by atoms with Crippen LogP contribution in [0.4, 0.5) is 0 Å².